The van der Waals surface area contributed by atoms with Crippen molar-refractivity contribution in [3.63, 3.8) is 0 Å². The number of nitrogens with zero attached hydrogens (tertiary/aromatic N) is 3. The van der Waals surface area contributed by atoms with Gasteiger partial charge in [-0.25, -0.2) is 4.39 Å². The van der Waals surface area contributed by atoms with Crippen LogP contribution in [0.5, 0.6) is 11.5 Å². The zero-order valence-corrected chi connectivity index (χ0v) is 15.1. The average Bonchev–Trinajstić information content (AvgIpc) is 2.67. The third-order valence-corrected chi connectivity index (χ3v) is 3.65. The lowest BCUT2D eigenvalue weighted by Gasteiger charge is -2.15. The summed E-state index contributed by atoms with van der Waals surface area (Å²) in [7, 11) is 1.73. The van der Waals surface area contributed by atoms with E-state index < -0.39 is 5.82 Å². The Bertz CT molecular complexity index is 762. The van der Waals surface area contributed by atoms with Crippen molar-refractivity contribution in [2.24, 2.45) is 10.7 Å². The molecule has 1 heterocycles. The van der Waals surface area contributed by atoms with Gasteiger partial charge >= 0.3 is 0 Å². The van der Waals surface area contributed by atoms with Crippen LogP contribution in [-0.4, -0.2) is 30.0 Å². The van der Waals surface area contributed by atoms with Crippen LogP contribution in [0.2, 0.25) is 0 Å². The first-order valence-corrected chi connectivity index (χ1v) is 8.57. The lowest BCUT2D eigenvalue weighted by Crippen LogP contribution is -2.04. The number of hydrogen-bond donors (Lipinski definition) is 2. The Balaban J connectivity index is 2.50. The average molecular weight is 357 g/mol. The lowest BCUT2D eigenvalue weighted by atomic mass is 10.0. The van der Waals surface area contributed by atoms with Gasteiger partial charge in [-0.1, -0.05) is 19.4 Å². The highest BCUT2D eigenvalue weighted by molar-refractivity contribution is 5.75. The van der Waals surface area contributed by atoms with Crippen LogP contribution in [0.4, 0.5) is 4.39 Å². The Hall–Kier alpha value is -2.80. The third-order valence-electron chi connectivity index (χ3n) is 3.65. The van der Waals surface area contributed by atoms with E-state index in [1.807, 2.05) is 6.07 Å². The molecule has 0 unspecified atom stereocenters. The van der Waals surface area contributed by atoms with Gasteiger partial charge in [0.2, 0.25) is 0 Å². The van der Waals surface area contributed by atoms with Crippen LogP contribution in [0.3, 0.4) is 0 Å². The highest BCUT2D eigenvalue weighted by Crippen LogP contribution is 2.34. The molecule has 0 aliphatic carbocycles. The number of hydrogen-bond acceptors (Lipinski definition) is 6. The number of nitrogens with two attached hydrogens (primary N) is 1. The molecular formula is C19H24FN5O. The van der Waals surface area contributed by atoms with Gasteiger partial charge in [0.25, 0.3) is 0 Å². The molecule has 0 radical (unpaired) electrons. The van der Waals surface area contributed by atoms with E-state index in [0.717, 1.165) is 24.8 Å². The molecule has 0 bridgehead atoms. The smallest absolute Gasteiger partial charge is 0.175 e. The maximum atomic E-state index is 15.3. The molecule has 7 heteroatoms. The quantitative estimate of drug-likeness (QED) is 0.673. The van der Waals surface area contributed by atoms with E-state index in [1.165, 1.54) is 18.6 Å². The highest BCUT2D eigenvalue weighted by atomic mass is 19.1. The molecule has 0 saturated carbocycles. The maximum Gasteiger partial charge on any atom is 0.175 e. The molecular weight excluding hydrogens is 333 g/mol. The summed E-state index contributed by atoms with van der Waals surface area (Å²) in [6, 6.07) is 5.23. The molecule has 26 heavy (non-hydrogen) atoms. The van der Waals surface area contributed by atoms with Crippen LogP contribution in [0, 0.1) is 5.82 Å². The largest absolute Gasteiger partial charge is 0.452 e. The summed E-state index contributed by atoms with van der Waals surface area (Å²) >= 11 is 0. The van der Waals surface area contributed by atoms with Crippen molar-refractivity contribution >= 4 is 11.9 Å². The number of benzene rings is 1. The summed E-state index contributed by atoms with van der Waals surface area (Å²) in [6.45, 7) is 2.36. The maximum absolute atomic E-state index is 15.3. The SMILES string of the molecule is CCCCc1ccc(C(=C/NC)/N=C\CN)c(F)c1Oc1ccnnc1. The third kappa shape index (κ3) is 5.10. The van der Waals surface area contributed by atoms with Gasteiger partial charge < -0.3 is 15.8 Å². The first-order valence-electron chi connectivity index (χ1n) is 8.57. The number of nitrogens with one attached hydrogen (secondary N) is 1. The zero-order chi connectivity index (χ0) is 18.8. The number of aliphatic imine (C=N–C) groups is 1. The standard InChI is InChI=1S/C19H24FN5O/c1-3-4-5-14-6-7-16(17(13-22-2)23-11-9-21)18(20)19(14)26-15-8-10-24-25-12-15/h6-8,10-13,22H,3-5,9,21H2,1-2H3/b17-13-,23-11-. The second kappa shape index (κ2) is 10.2. The fraction of sp³-hybridized carbons (Fsp3) is 0.316. The van der Waals surface area contributed by atoms with Crippen LogP contribution < -0.4 is 15.8 Å². The Morgan fingerprint density at radius 2 is 2.19 bits per heavy atom. The van der Waals surface area contributed by atoms with Crippen molar-refractivity contribution in [3.8, 4) is 11.5 Å². The van der Waals surface area contributed by atoms with Crippen molar-refractivity contribution in [1.29, 1.82) is 0 Å². The van der Waals surface area contributed by atoms with Gasteiger partial charge in [-0.05, 0) is 24.5 Å². The Labute approximate surface area is 153 Å². The second-order valence-corrected chi connectivity index (χ2v) is 5.56. The normalized spacial score (nSPS) is 11.8. The molecule has 0 aliphatic rings. The lowest BCUT2D eigenvalue weighted by molar-refractivity contribution is 0.431. The summed E-state index contributed by atoms with van der Waals surface area (Å²) in [6.07, 6.45) is 8.76. The fourth-order valence-electron chi connectivity index (χ4n) is 2.40. The predicted molar refractivity (Wildman–Crippen MR) is 102 cm³/mol. The minimum Gasteiger partial charge on any atom is -0.452 e. The molecule has 1 aromatic heterocycles. The molecule has 0 spiro atoms. The van der Waals surface area contributed by atoms with E-state index in [0.29, 0.717) is 17.0 Å². The van der Waals surface area contributed by atoms with Crippen LogP contribution in [0.15, 0.2) is 41.8 Å². The Kier molecular flexibility index (Phi) is 7.70. The molecule has 3 N–H and O–H groups in total. The van der Waals surface area contributed by atoms with Gasteiger partial charge in [-0.2, -0.15) is 10.2 Å². The molecule has 138 valence electrons. The first-order chi connectivity index (χ1) is 12.7. The fourth-order valence-corrected chi connectivity index (χ4v) is 2.40. The summed E-state index contributed by atoms with van der Waals surface area (Å²) < 4.78 is 21.1. The number of unbranched alkanes of at least 4 members (excludes halogenated alkanes) is 1. The first kappa shape index (κ1) is 19.5. The molecule has 0 saturated heterocycles. The predicted octanol–water partition coefficient (Wildman–Crippen LogP) is 3.30. The Morgan fingerprint density at radius 1 is 1.35 bits per heavy atom. The number of aromatic nitrogens is 2. The number of halogens is 1. The number of ether oxygens (including phenoxy) is 1. The minimum absolute atomic E-state index is 0.189. The molecule has 0 fully saturated rings. The molecule has 1 aromatic carbocycles. The van der Waals surface area contributed by atoms with Crippen LogP contribution >= 0.6 is 0 Å². The van der Waals surface area contributed by atoms with Gasteiger partial charge in [0.05, 0.1) is 18.1 Å². The molecule has 0 atom stereocenters. The highest BCUT2D eigenvalue weighted by Gasteiger charge is 2.18. The molecule has 2 aromatic rings. The van der Waals surface area contributed by atoms with Gasteiger partial charge in [-0.15, -0.1) is 0 Å². The Morgan fingerprint density at radius 3 is 2.85 bits per heavy atom. The monoisotopic (exact) mass is 357 g/mol. The molecule has 6 nitrogen and oxygen atoms in total. The molecule has 2 rings (SSSR count). The van der Waals surface area contributed by atoms with Gasteiger partial charge in [0, 0.05) is 37.6 Å². The van der Waals surface area contributed by atoms with Gasteiger partial charge in [-0.3, -0.25) is 4.99 Å². The summed E-state index contributed by atoms with van der Waals surface area (Å²) in [5.74, 6) is 0.151. The van der Waals surface area contributed by atoms with Crippen molar-refractivity contribution in [3.05, 3.63) is 53.7 Å². The molecule has 0 aliphatic heterocycles. The topological polar surface area (TPSA) is 85.4 Å². The summed E-state index contributed by atoms with van der Waals surface area (Å²) in [5.41, 5.74) is 7.05. The van der Waals surface area contributed by atoms with Crippen molar-refractivity contribution < 1.29 is 9.13 Å². The van der Waals surface area contributed by atoms with Crippen molar-refractivity contribution in [2.45, 2.75) is 26.2 Å². The number of rotatable bonds is 9. The van der Waals surface area contributed by atoms with E-state index in [2.05, 4.69) is 27.4 Å². The van der Waals surface area contributed by atoms with Crippen molar-refractivity contribution in [2.75, 3.05) is 13.6 Å². The summed E-state index contributed by atoms with van der Waals surface area (Å²) in [4.78, 5) is 4.23. The van der Waals surface area contributed by atoms with Crippen molar-refractivity contribution in [1.82, 2.24) is 15.5 Å². The van der Waals surface area contributed by atoms with E-state index in [1.54, 1.807) is 25.4 Å². The van der Waals surface area contributed by atoms with E-state index >= 15 is 4.39 Å². The van der Waals surface area contributed by atoms with Crippen LogP contribution in [-0.2, 0) is 6.42 Å². The van der Waals surface area contributed by atoms with Crippen LogP contribution in [0.25, 0.3) is 5.70 Å². The summed E-state index contributed by atoms with van der Waals surface area (Å²) in [5, 5.41) is 10.4. The zero-order valence-electron chi connectivity index (χ0n) is 15.1. The molecule has 0 amide bonds. The van der Waals surface area contributed by atoms with E-state index in [-0.39, 0.29) is 12.3 Å². The van der Waals surface area contributed by atoms with E-state index in [9.17, 15) is 0 Å². The van der Waals surface area contributed by atoms with Gasteiger partial charge in [0.1, 0.15) is 5.75 Å². The van der Waals surface area contributed by atoms with Gasteiger partial charge in [0.15, 0.2) is 11.6 Å². The minimum atomic E-state index is -0.467. The van der Waals surface area contributed by atoms with Crippen LogP contribution in [0.1, 0.15) is 30.9 Å². The number of aryl methyl sites for hydroxylation is 1. The second-order valence-electron chi connectivity index (χ2n) is 5.56. The van der Waals surface area contributed by atoms with E-state index in [4.69, 9.17) is 10.5 Å².